The summed E-state index contributed by atoms with van der Waals surface area (Å²) in [6.45, 7) is 0. The largest absolute Gasteiger partial charge is 0.416 e. The molecule has 0 amide bonds. The Labute approximate surface area is 133 Å². The first-order chi connectivity index (χ1) is 10.1. The first-order valence-electron chi connectivity index (χ1n) is 5.61. The van der Waals surface area contributed by atoms with E-state index < -0.39 is 26.7 Å². The molecule has 22 heavy (non-hydrogen) atoms. The van der Waals surface area contributed by atoms with Crippen molar-refractivity contribution >= 4 is 39.0 Å². The van der Waals surface area contributed by atoms with Crippen molar-refractivity contribution in [2.24, 2.45) is 0 Å². The number of halogens is 5. The van der Waals surface area contributed by atoms with E-state index in [-0.39, 0.29) is 15.9 Å². The standard InChI is InChI=1S/C12H7Cl2F3N2O2S/c13-8-5-10(14)11(18-6-8)19-22(20,21)9-3-1-2-7(4-9)12(15,16)17/h1-6H,(H,18,19). The molecule has 0 unspecified atom stereocenters. The molecule has 0 bridgehead atoms. The second-order valence-corrected chi connectivity index (χ2v) is 6.64. The number of hydrogen-bond donors (Lipinski definition) is 1. The van der Waals surface area contributed by atoms with E-state index in [1.807, 2.05) is 4.72 Å². The highest BCUT2D eigenvalue weighted by atomic mass is 35.5. The molecular weight excluding hydrogens is 364 g/mol. The van der Waals surface area contributed by atoms with Gasteiger partial charge in [-0.05, 0) is 24.3 Å². The maximum Gasteiger partial charge on any atom is 0.416 e. The molecule has 0 radical (unpaired) electrons. The Morgan fingerprint density at radius 3 is 2.41 bits per heavy atom. The van der Waals surface area contributed by atoms with Gasteiger partial charge in [-0.15, -0.1) is 0 Å². The summed E-state index contributed by atoms with van der Waals surface area (Å²) in [7, 11) is -4.27. The quantitative estimate of drug-likeness (QED) is 0.880. The van der Waals surface area contributed by atoms with Gasteiger partial charge >= 0.3 is 6.18 Å². The molecule has 1 aromatic heterocycles. The Balaban J connectivity index is 2.39. The van der Waals surface area contributed by atoms with Crippen molar-refractivity contribution in [1.29, 1.82) is 0 Å². The molecule has 0 saturated heterocycles. The van der Waals surface area contributed by atoms with Crippen molar-refractivity contribution in [3.05, 3.63) is 52.1 Å². The number of pyridine rings is 1. The van der Waals surface area contributed by atoms with Crippen LogP contribution in [0, 0.1) is 0 Å². The summed E-state index contributed by atoms with van der Waals surface area (Å²) < 4.78 is 64.1. The highest BCUT2D eigenvalue weighted by Crippen LogP contribution is 2.31. The van der Waals surface area contributed by atoms with E-state index in [4.69, 9.17) is 23.2 Å². The highest BCUT2D eigenvalue weighted by Gasteiger charge is 2.31. The van der Waals surface area contributed by atoms with Crippen molar-refractivity contribution in [3.8, 4) is 0 Å². The number of alkyl halides is 3. The molecule has 0 aliphatic carbocycles. The lowest BCUT2D eigenvalue weighted by molar-refractivity contribution is -0.137. The van der Waals surface area contributed by atoms with Crippen LogP contribution < -0.4 is 4.72 Å². The van der Waals surface area contributed by atoms with E-state index in [2.05, 4.69) is 4.98 Å². The van der Waals surface area contributed by atoms with Crippen LogP contribution in [0.1, 0.15) is 5.56 Å². The Hall–Kier alpha value is -1.51. The van der Waals surface area contributed by atoms with E-state index in [0.29, 0.717) is 6.07 Å². The summed E-state index contributed by atoms with van der Waals surface area (Å²) >= 11 is 11.4. The Morgan fingerprint density at radius 2 is 1.82 bits per heavy atom. The van der Waals surface area contributed by atoms with E-state index in [1.54, 1.807) is 0 Å². The first-order valence-corrected chi connectivity index (χ1v) is 7.84. The van der Waals surface area contributed by atoms with Crippen molar-refractivity contribution < 1.29 is 21.6 Å². The molecule has 2 rings (SSSR count). The summed E-state index contributed by atoms with van der Waals surface area (Å²) in [6, 6.07) is 4.56. The van der Waals surface area contributed by atoms with E-state index >= 15 is 0 Å². The van der Waals surface area contributed by atoms with Gasteiger partial charge in [0, 0.05) is 6.20 Å². The summed E-state index contributed by atoms with van der Waals surface area (Å²) in [5.41, 5.74) is -1.08. The Bertz CT molecular complexity index is 810. The average molecular weight is 371 g/mol. The fourth-order valence-electron chi connectivity index (χ4n) is 1.52. The predicted octanol–water partition coefficient (Wildman–Crippen LogP) is 4.21. The van der Waals surface area contributed by atoms with Crippen LogP contribution in [0.5, 0.6) is 0 Å². The second-order valence-electron chi connectivity index (χ2n) is 4.12. The minimum absolute atomic E-state index is 0.0805. The molecule has 2 aromatic rings. The smallest absolute Gasteiger partial charge is 0.262 e. The fourth-order valence-corrected chi connectivity index (χ4v) is 3.07. The molecule has 1 heterocycles. The molecule has 0 spiro atoms. The molecule has 4 nitrogen and oxygen atoms in total. The maximum atomic E-state index is 12.6. The zero-order valence-corrected chi connectivity index (χ0v) is 12.9. The third kappa shape index (κ3) is 3.82. The van der Waals surface area contributed by atoms with Crippen molar-refractivity contribution in [3.63, 3.8) is 0 Å². The zero-order valence-electron chi connectivity index (χ0n) is 10.5. The molecule has 0 atom stereocenters. The minimum Gasteiger partial charge on any atom is -0.262 e. The van der Waals surface area contributed by atoms with Crippen molar-refractivity contribution in [2.45, 2.75) is 11.1 Å². The van der Waals surface area contributed by atoms with Crippen molar-refractivity contribution in [2.75, 3.05) is 4.72 Å². The number of benzene rings is 1. The van der Waals surface area contributed by atoms with Gasteiger partial charge in [-0.2, -0.15) is 13.2 Å². The normalized spacial score (nSPS) is 12.2. The Morgan fingerprint density at radius 1 is 1.14 bits per heavy atom. The maximum absolute atomic E-state index is 12.6. The van der Waals surface area contributed by atoms with Gasteiger partial charge in [0.25, 0.3) is 10.0 Å². The third-order valence-electron chi connectivity index (χ3n) is 2.51. The fraction of sp³-hybridized carbons (Fsp3) is 0.0833. The van der Waals surface area contributed by atoms with Gasteiger partial charge in [-0.25, -0.2) is 13.4 Å². The van der Waals surface area contributed by atoms with E-state index in [9.17, 15) is 21.6 Å². The molecule has 1 aromatic carbocycles. The van der Waals surface area contributed by atoms with Crippen LogP contribution in [-0.4, -0.2) is 13.4 Å². The molecule has 0 aliphatic heterocycles. The van der Waals surface area contributed by atoms with Gasteiger partial charge in [-0.1, -0.05) is 29.3 Å². The van der Waals surface area contributed by atoms with Crippen LogP contribution >= 0.6 is 23.2 Å². The lowest BCUT2D eigenvalue weighted by Gasteiger charge is -2.11. The van der Waals surface area contributed by atoms with Gasteiger partial charge in [-0.3, -0.25) is 4.72 Å². The second kappa shape index (κ2) is 5.94. The van der Waals surface area contributed by atoms with Crippen LogP contribution in [0.4, 0.5) is 19.0 Å². The summed E-state index contributed by atoms with van der Waals surface area (Å²) in [4.78, 5) is 3.12. The predicted molar refractivity (Wildman–Crippen MR) is 76.5 cm³/mol. The Kier molecular flexibility index (Phi) is 4.55. The van der Waals surface area contributed by atoms with E-state index in [0.717, 1.165) is 24.4 Å². The van der Waals surface area contributed by atoms with E-state index in [1.165, 1.54) is 6.07 Å². The molecule has 0 saturated carbocycles. The summed E-state index contributed by atoms with van der Waals surface area (Å²) in [6.07, 6.45) is -3.50. The number of anilines is 1. The van der Waals surface area contributed by atoms with Crippen LogP contribution in [0.25, 0.3) is 0 Å². The molecular formula is C12H7Cl2F3N2O2S. The minimum atomic E-state index is -4.65. The van der Waals surface area contributed by atoms with Gasteiger partial charge in [0.1, 0.15) is 0 Å². The monoisotopic (exact) mass is 370 g/mol. The molecule has 1 N–H and O–H groups in total. The van der Waals surface area contributed by atoms with Gasteiger partial charge < -0.3 is 0 Å². The number of nitrogens with zero attached hydrogens (tertiary/aromatic N) is 1. The summed E-state index contributed by atoms with van der Waals surface area (Å²) in [5.74, 6) is -0.233. The summed E-state index contributed by atoms with van der Waals surface area (Å²) in [5, 5.41) is 0.107. The van der Waals surface area contributed by atoms with Crippen LogP contribution in [0.2, 0.25) is 10.0 Å². The molecule has 10 heteroatoms. The van der Waals surface area contributed by atoms with Crippen molar-refractivity contribution in [1.82, 2.24) is 4.98 Å². The SMILES string of the molecule is O=S(=O)(Nc1ncc(Cl)cc1Cl)c1cccc(C(F)(F)F)c1. The first kappa shape index (κ1) is 16.9. The lowest BCUT2D eigenvalue weighted by atomic mass is 10.2. The van der Waals surface area contributed by atoms with Gasteiger partial charge in [0.05, 0.1) is 20.5 Å². The average Bonchev–Trinajstić information content (AvgIpc) is 2.41. The topological polar surface area (TPSA) is 59.1 Å². The number of rotatable bonds is 3. The molecule has 0 fully saturated rings. The van der Waals surface area contributed by atoms with Crippen LogP contribution in [-0.2, 0) is 16.2 Å². The van der Waals surface area contributed by atoms with Gasteiger partial charge in [0.15, 0.2) is 5.82 Å². The molecule has 118 valence electrons. The third-order valence-corrected chi connectivity index (χ3v) is 4.34. The highest BCUT2D eigenvalue weighted by molar-refractivity contribution is 7.92. The number of aromatic nitrogens is 1. The zero-order chi connectivity index (χ0) is 16.5. The molecule has 0 aliphatic rings. The number of hydrogen-bond acceptors (Lipinski definition) is 3. The van der Waals surface area contributed by atoms with Crippen LogP contribution in [0.15, 0.2) is 41.4 Å². The lowest BCUT2D eigenvalue weighted by Crippen LogP contribution is -2.15. The number of nitrogens with one attached hydrogen (secondary N) is 1. The van der Waals surface area contributed by atoms with Crippen LogP contribution in [0.3, 0.4) is 0 Å². The van der Waals surface area contributed by atoms with Gasteiger partial charge in [0.2, 0.25) is 0 Å². The number of sulfonamides is 1.